The van der Waals surface area contributed by atoms with Gasteiger partial charge in [-0.1, -0.05) is 11.8 Å². The number of hydrogen-bond acceptors (Lipinski definition) is 5. The maximum atomic E-state index is 10.3. The third-order valence-electron chi connectivity index (χ3n) is 1.79. The Morgan fingerprint density at radius 3 is 3.23 bits per heavy atom. The van der Waals surface area contributed by atoms with Crippen molar-refractivity contribution in [2.45, 2.75) is 17.0 Å². The predicted molar refractivity (Wildman–Crippen MR) is 45.6 cm³/mol. The zero-order valence-corrected chi connectivity index (χ0v) is 7.40. The van der Waals surface area contributed by atoms with Crippen molar-refractivity contribution >= 4 is 17.6 Å². The first-order valence-corrected chi connectivity index (χ1v) is 4.57. The topological polar surface area (TPSA) is 81.2 Å². The van der Waals surface area contributed by atoms with E-state index < -0.39 is 4.92 Å². The fraction of sp³-hybridized carbons (Fsp3) is 0.500. The number of aromatic nitrogens is 2. The Morgan fingerprint density at radius 1 is 1.92 bits per heavy atom. The molecule has 0 aliphatic carbocycles. The highest BCUT2D eigenvalue weighted by atomic mass is 32.2. The smallest absolute Gasteiger partial charge is 0.382 e. The summed E-state index contributed by atoms with van der Waals surface area (Å²) in [4.78, 5) is 13.6. The summed E-state index contributed by atoms with van der Waals surface area (Å²) in [5.41, 5.74) is 0. The van der Waals surface area contributed by atoms with Gasteiger partial charge in [0.25, 0.3) is 5.16 Å². The van der Waals surface area contributed by atoms with E-state index in [1.54, 1.807) is 4.57 Å². The number of imidazole rings is 1. The van der Waals surface area contributed by atoms with Crippen LogP contribution in [0.15, 0.2) is 11.4 Å². The molecule has 1 aliphatic rings. The molecule has 0 spiro atoms. The summed E-state index contributed by atoms with van der Waals surface area (Å²) < 4.78 is 1.70. The SMILES string of the molecule is O=[N+]([O-])c1cn2c(n1)SC(CO)C2. The molecule has 0 radical (unpaired) electrons. The number of nitrogens with zero attached hydrogens (tertiary/aromatic N) is 3. The van der Waals surface area contributed by atoms with Crippen LogP contribution >= 0.6 is 11.8 Å². The van der Waals surface area contributed by atoms with Crippen LogP contribution in [0.2, 0.25) is 0 Å². The van der Waals surface area contributed by atoms with Gasteiger partial charge in [-0.25, -0.2) is 0 Å². The summed E-state index contributed by atoms with van der Waals surface area (Å²) in [6, 6.07) is 0. The Labute approximate surface area is 77.7 Å². The van der Waals surface area contributed by atoms with Crippen molar-refractivity contribution in [3.63, 3.8) is 0 Å². The van der Waals surface area contributed by atoms with E-state index in [9.17, 15) is 10.1 Å². The molecular formula is C6H7N3O3S. The molecule has 1 unspecified atom stereocenters. The Balaban J connectivity index is 2.23. The molecule has 0 amide bonds. The van der Waals surface area contributed by atoms with Gasteiger partial charge in [-0.3, -0.25) is 4.57 Å². The molecule has 1 aromatic heterocycles. The fourth-order valence-corrected chi connectivity index (χ4v) is 2.22. The molecule has 13 heavy (non-hydrogen) atoms. The molecule has 1 aromatic rings. The van der Waals surface area contributed by atoms with Crippen molar-refractivity contribution in [1.29, 1.82) is 0 Å². The van der Waals surface area contributed by atoms with Crippen molar-refractivity contribution in [1.82, 2.24) is 9.55 Å². The number of hydrogen-bond donors (Lipinski definition) is 1. The summed E-state index contributed by atoms with van der Waals surface area (Å²) in [5, 5.41) is 19.9. The minimum absolute atomic E-state index is 0.0713. The van der Waals surface area contributed by atoms with Crippen LogP contribution in [0.4, 0.5) is 5.82 Å². The highest BCUT2D eigenvalue weighted by Crippen LogP contribution is 2.32. The monoisotopic (exact) mass is 201 g/mol. The minimum atomic E-state index is -0.514. The van der Waals surface area contributed by atoms with Crippen molar-refractivity contribution < 1.29 is 10.0 Å². The van der Waals surface area contributed by atoms with Gasteiger partial charge >= 0.3 is 5.82 Å². The highest BCUT2D eigenvalue weighted by Gasteiger charge is 2.29. The zero-order chi connectivity index (χ0) is 9.42. The lowest BCUT2D eigenvalue weighted by Crippen LogP contribution is -2.09. The van der Waals surface area contributed by atoms with E-state index in [0.717, 1.165) is 0 Å². The number of thioether (sulfide) groups is 1. The van der Waals surface area contributed by atoms with Gasteiger partial charge in [0.2, 0.25) is 0 Å². The average Bonchev–Trinajstić information content (AvgIpc) is 2.58. The molecule has 1 N–H and O–H groups in total. The Morgan fingerprint density at radius 2 is 2.69 bits per heavy atom. The molecule has 1 atom stereocenters. The molecule has 1 aliphatic heterocycles. The Kier molecular flexibility index (Phi) is 1.97. The van der Waals surface area contributed by atoms with Gasteiger partial charge in [-0.05, 0) is 9.91 Å². The number of aliphatic hydroxyl groups is 1. The number of nitro groups is 1. The first-order chi connectivity index (χ1) is 6.20. The maximum absolute atomic E-state index is 10.3. The molecule has 0 bridgehead atoms. The van der Waals surface area contributed by atoms with Gasteiger partial charge < -0.3 is 15.2 Å². The van der Waals surface area contributed by atoms with Gasteiger partial charge in [0.05, 0.1) is 11.9 Å². The second-order valence-corrected chi connectivity index (χ2v) is 3.98. The van der Waals surface area contributed by atoms with E-state index in [1.165, 1.54) is 18.0 Å². The zero-order valence-electron chi connectivity index (χ0n) is 6.58. The van der Waals surface area contributed by atoms with Crippen molar-refractivity contribution in [2.75, 3.05) is 6.61 Å². The van der Waals surface area contributed by atoms with E-state index in [0.29, 0.717) is 11.7 Å². The average molecular weight is 201 g/mol. The van der Waals surface area contributed by atoms with E-state index in [-0.39, 0.29) is 17.7 Å². The van der Waals surface area contributed by atoms with E-state index in [1.807, 2.05) is 0 Å². The number of aliphatic hydroxyl groups excluding tert-OH is 1. The maximum Gasteiger partial charge on any atom is 0.382 e. The van der Waals surface area contributed by atoms with Gasteiger partial charge in [-0.2, -0.15) is 0 Å². The molecule has 0 saturated carbocycles. The Hall–Kier alpha value is -1.08. The molecule has 0 aromatic carbocycles. The van der Waals surface area contributed by atoms with Crippen molar-refractivity contribution in [3.05, 3.63) is 16.3 Å². The third kappa shape index (κ3) is 1.40. The van der Waals surface area contributed by atoms with Crippen LogP contribution in [-0.4, -0.2) is 31.4 Å². The molecule has 0 fully saturated rings. The highest BCUT2D eigenvalue weighted by molar-refractivity contribution is 8.00. The predicted octanol–water partition coefficient (Wildman–Crippen LogP) is 0.258. The molecule has 70 valence electrons. The molecule has 2 rings (SSSR count). The van der Waals surface area contributed by atoms with Gasteiger partial charge in [0.15, 0.2) is 0 Å². The Bertz CT molecular complexity index is 327. The molecule has 2 heterocycles. The minimum Gasteiger partial charge on any atom is -0.395 e. The van der Waals surface area contributed by atoms with E-state index in [2.05, 4.69) is 4.98 Å². The summed E-state index contributed by atoms with van der Waals surface area (Å²) in [6.07, 6.45) is 1.40. The van der Waals surface area contributed by atoms with Crippen LogP contribution in [0.5, 0.6) is 0 Å². The standard InChI is InChI=1S/C6H7N3O3S/c10-3-4-1-8-2-5(9(11)12)7-6(8)13-4/h2,4,10H,1,3H2. The second-order valence-electron chi connectivity index (χ2n) is 2.71. The first-order valence-electron chi connectivity index (χ1n) is 3.70. The number of rotatable bonds is 2. The van der Waals surface area contributed by atoms with Crippen LogP contribution in [0.25, 0.3) is 0 Å². The summed E-state index contributed by atoms with van der Waals surface area (Å²) >= 11 is 1.37. The van der Waals surface area contributed by atoms with Crippen LogP contribution in [0.3, 0.4) is 0 Å². The summed E-state index contributed by atoms with van der Waals surface area (Å²) in [6.45, 7) is 0.666. The van der Waals surface area contributed by atoms with Crippen LogP contribution < -0.4 is 0 Å². The summed E-state index contributed by atoms with van der Waals surface area (Å²) in [7, 11) is 0. The van der Waals surface area contributed by atoms with Crippen LogP contribution in [0, 0.1) is 10.1 Å². The van der Waals surface area contributed by atoms with Gasteiger partial charge in [0, 0.05) is 6.54 Å². The molecular weight excluding hydrogens is 194 g/mol. The molecule has 0 saturated heterocycles. The molecule has 7 heteroatoms. The van der Waals surface area contributed by atoms with E-state index in [4.69, 9.17) is 5.11 Å². The second kappa shape index (κ2) is 3.00. The summed E-state index contributed by atoms with van der Waals surface area (Å²) in [5.74, 6) is -0.126. The number of fused-ring (bicyclic) bond motifs is 1. The van der Waals surface area contributed by atoms with Crippen molar-refractivity contribution in [2.24, 2.45) is 0 Å². The van der Waals surface area contributed by atoms with Crippen molar-refractivity contribution in [3.8, 4) is 0 Å². The lowest BCUT2D eigenvalue weighted by molar-refractivity contribution is -0.389. The quantitative estimate of drug-likeness (QED) is 0.548. The molecule has 6 nitrogen and oxygen atoms in total. The van der Waals surface area contributed by atoms with E-state index >= 15 is 0 Å². The third-order valence-corrected chi connectivity index (χ3v) is 2.96. The lowest BCUT2D eigenvalue weighted by Gasteiger charge is -1.99. The lowest BCUT2D eigenvalue weighted by atomic mass is 10.4. The van der Waals surface area contributed by atoms with Gasteiger partial charge in [-0.15, -0.1) is 0 Å². The van der Waals surface area contributed by atoms with Crippen LogP contribution in [-0.2, 0) is 6.54 Å². The largest absolute Gasteiger partial charge is 0.395 e. The first kappa shape index (κ1) is 8.52. The van der Waals surface area contributed by atoms with Gasteiger partial charge in [0.1, 0.15) is 6.20 Å². The van der Waals surface area contributed by atoms with Crippen LogP contribution in [0.1, 0.15) is 0 Å². The normalized spacial score (nSPS) is 20.2. The fourth-order valence-electron chi connectivity index (χ4n) is 1.20.